The molecule has 2 aromatic carbocycles. The van der Waals surface area contributed by atoms with E-state index in [0.29, 0.717) is 18.5 Å². The van der Waals surface area contributed by atoms with Gasteiger partial charge in [0.15, 0.2) is 11.5 Å². The molecule has 4 nitrogen and oxygen atoms in total. The molecule has 0 amide bonds. The highest BCUT2D eigenvalue weighted by molar-refractivity contribution is 5.46. The highest BCUT2D eigenvalue weighted by atomic mass is 19.1. The summed E-state index contributed by atoms with van der Waals surface area (Å²) >= 11 is 0. The summed E-state index contributed by atoms with van der Waals surface area (Å²) in [6, 6.07) is 12.3. The van der Waals surface area contributed by atoms with E-state index in [0.717, 1.165) is 49.4 Å². The molecule has 0 aliphatic carbocycles. The molecule has 1 fully saturated rings. The Labute approximate surface area is 147 Å². The Morgan fingerprint density at radius 1 is 1.20 bits per heavy atom. The second-order valence-corrected chi connectivity index (χ2v) is 6.23. The first kappa shape index (κ1) is 17.7. The fraction of sp³-hybridized carbons (Fsp3) is 0.400. The molecule has 0 radical (unpaired) electrons. The van der Waals surface area contributed by atoms with Crippen LogP contribution in [0.15, 0.2) is 42.5 Å². The highest BCUT2D eigenvalue weighted by Gasteiger charge is 2.18. The minimum absolute atomic E-state index is 0.245. The molecule has 2 N–H and O–H groups in total. The maximum absolute atomic E-state index is 13.0. The predicted molar refractivity (Wildman–Crippen MR) is 93.2 cm³/mol. The third-order valence-corrected chi connectivity index (χ3v) is 4.39. The maximum atomic E-state index is 13.0. The van der Waals surface area contributed by atoms with Gasteiger partial charge in [0.2, 0.25) is 0 Å². The second kappa shape index (κ2) is 8.83. The largest absolute Gasteiger partial charge is 0.493 e. The molecule has 0 saturated carbocycles. The van der Waals surface area contributed by atoms with Crippen LogP contribution in [0, 0.1) is 5.82 Å². The van der Waals surface area contributed by atoms with Gasteiger partial charge in [0.05, 0.1) is 12.7 Å². The van der Waals surface area contributed by atoms with E-state index in [1.165, 1.54) is 12.1 Å². The van der Waals surface area contributed by atoms with Crippen LogP contribution >= 0.6 is 0 Å². The summed E-state index contributed by atoms with van der Waals surface area (Å²) in [5, 5.41) is 2.25. The van der Waals surface area contributed by atoms with E-state index in [1.54, 1.807) is 19.2 Å². The fourth-order valence-electron chi connectivity index (χ4n) is 3.04. The Hall–Kier alpha value is -2.11. The summed E-state index contributed by atoms with van der Waals surface area (Å²) in [7, 11) is 1.64. The predicted octanol–water partition coefficient (Wildman–Crippen LogP) is 2.66. The molecule has 25 heavy (non-hydrogen) atoms. The van der Waals surface area contributed by atoms with Crippen molar-refractivity contribution in [2.75, 3.05) is 20.3 Å². The van der Waals surface area contributed by atoms with Crippen molar-refractivity contribution in [3.05, 3.63) is 59.4 Å². The topological polar surface area (TPSA) is 44.3 Å². The summed E-state index contributed by atoms with van der Waals surface area (Å²) in [6.45, 7) is 3.01. The third kappa shape index (κ3) is 4.94. The molecule has 1 aliphatic rings. The molecular weight excluding hydrogens is 321 g/mol. The number of nitrogens with two attached hydrogens (primary N) is 1. The summed E-state index contributed by atoms with van der Waals surface area (Å²) in [6.07, 6.45) is 2.65. The van der Waals surface area contributed by atoms with Gasteiger partial charge in [0.1, 0.15) is 31.6 Å². The first-order chi connectivity index (χ1) is 12.3. The average molecular weight is 346 g/mol. The molecule has 1 saturated heterocycles. The molecule has 2 aromatic rings. The van der Waals surface area contributed by atoms with Crippen LogP contribution in [0.3, 0.4) is 0 Å². The summed E-state index contributed by atoms with van der Waals surface area (Å²) < 4.78 is 30.1. The minimum Gasteiger partial charge on any atom is -0.493 e. The summed E-state index contributed by atoms with van der Waals surface area (Å²) in [5.41, 5.74) is 2.00. The Morgan fingerprint density at radius 3 is 2.76 bits per heavy atom. The smallest absolute Gasteiger partial charge is 0.170 e. The molecule has 134 valence electrons. The molecule has 1 heterocycles. The zero-order valence-electron chi connectivity index (χ0n) is 14.5. The lowest BCUT2D eigenvalue weighted by Crippen LogP contribution is -2.84. The van der Waals surface area contributed by atoms with E-state index < -0.39 is 0 Å². The number of rotatable bonds is 8. The van der Waals surface area contributed by atoms with Crippen molar-refractivity contribution in [2.45, 2.75) is 32.1 Å². The quantitative estimate of drug-likeness (QED) is 0.799. The van der Waals surface area contributed by atoms with Crippen molar-refractivity contribution in [3.8, 4) is 11.5 Å². The van der Waals surface area contributed by atoms with E-state index in [-0.39, 0.29) is 5.82 Å². The number of hydrogen-bond donors (Lipinski definition) is 1. The number of benzene rings is 2. The molecular formula is C20H25FNO3+. The Bertz CT molecular complexity index is 669. The third-order valence-electron chi connectivity index (χ3n) is 4.39. The van der Waals surface area contributed by atoms with Gasteiger partial charge in [0, 0.05) is 6.61 Å². The molecule has 1 atom stereocenters. The van der Waals surface area contributed by atoms with Gasteiger partial charge in [-0.05, 0) is 42.7 Å². The van der Waals surface area contributed by atoms with Crippen LogP contribution < -0.4 is 14.8 Å². The van der Waals surface area contributed by atoms with Crippen LogP contribution in [0.2, 0.25) is 0 Å². The molecule has 0 spiro atoms. The van der Waals surface area contributed by atoms with E-state index in [1.807, 2.05) is 12.1 Å². The van der Waals surface area contributed by atoms with Gasteiger partial charge in [0.25, 0.3) is 0 Å². The zero-order chi connectivity index (χ0) is 17.5. The standard InChI is InChI=1S/C20H24FNO3/c1-23-19-6-2-4-16(12-22-13-18-5-3-11-24-18)20(19)25-14-15-7-9-17(21)10-8-15/h2,4,6-10,18,22H,3,5,11-14H2,1H3/p+1/t18-/m0/s1. The van der Waals surface area contributed by atoms with Crippen LogP contribution in [0.1, 0.15) is 24.0 Å². The van der Waals surface area contributed by atoms with Gasteiger partial charge >= 0.3 is 0 Å². The zero-order valence-corrected chi connectivity index (χ0v) is 14.5. The van der Waals surface area contributed by atoms with Crippen LogP contribution in [0.25, 0.3) is 0 Å². The molecule has 0 aromatic heterocycles. The van der Waals surface area contributed by atoms with Crippen LogP contribution in [0.5, 0.6) is 11.5 Å². The van der Waals surface area contributed by atoms with Crippen molar-refractivity contribution in [2.24, 2.45) is 0 Å². The molecule has 5 heteroatoms. The molecule has 0 unspecified atom stereocenters. The van der Waals surface area contributed by atoms with Gasteiger partial charge in [-0.25, -0.2) is 4.39 Å². The number of quaternary nitrogens is 1. The Balaban J connectivity index is 1.64. The normalized spacial score (nSPS) is 16.8. The summed E-state index contributed by atoms with van der Waals surface area (Å²) in [5.74, 6) is 1.22. The van der Waals surface area contributed by atoms with Crippen molar-refractivity contribution >= 4 is 0 Å². The van der Waals surface area contributed by atoms with Crippen LogP contribution in [0.4, 0.5) is 4.39 Å². The number of halogens is 1. The SMILES string of the molecule is COc1cccc(C[NH2+]C[C@@H]2CCCO2)c1OCc1ccc(F)cc1. The lowest BCUT2D eigenvalue weighted by Gasteiger charge is -2.15. The number of ether oxygens (including phenoxy) is 3. The van der Waals surface area contributed by atoms with Crippen molar-refractivity contribution in [1.29, 1.82) is 0 Å². The van der Waals surface area contributed by atoms with Crippen molar-refractivity contribution in [3.63, 3.8) is 0 Å². The number of hydrogen-bond acceptors (Lipinski definition) is 3. The molecule has 1 aliphatic heterocycles. The van der Waals surface area contributed by atoms with Crippen molar-refractivity contribution in [1.82, 2.24) is 0 Å². The summed E-state index contributed by atoms with van der Waals surface area (Å²) in [4.78, 5) is 0. The second-order valence-electron chi connectivity index (χ2n) is 6.23. The molecule has 3 rings (SSSR count). The van der Waals surface area contributed by atoms with Gasteiger partial charge in [-0.3, -0.25) is 0 Å². The lowest BCUT2D eigenvalue weighted by molar-refractivity contribution is -0.676. The van der Waals surface area contributed by atoms with E-state index in [2.05, 4.69) is 11.4 Å². The molecule has 0 bridgehead atoms. The highest BCUT2D eigenvalue weighted by Crippen LogP contribution is 2.31. The van der Waals surface area contributed by atoms with E-state index in [4.69, 9.17) is 14.2 Å². The van der Waals surface area contributed by atoms with Gasteiger partial charge in [-0.15, -0.1) is 0 Å². The van der Waals surface area contributed by atoms with Gasteiger partial charge in [-0.2, -0.15) is 0 Å². The first-order valence-electron chi connectivity index (χ1n) is 8.72. The van der Waals surface area contributed by atoms with E-state index >= 15 is 0 Å². The maximum Gasteiger partial charge on any atom is 0.170 e. The lowest BCUT2D eigenvalue weighted by atomic mass is 10.1. The van der Waals surface area contributed by atoms with Crippen LogP contribution in [-0.4, -0.2) is 26.4 Å². The monoisotopic (exact) mass is 346 g/mol. The number of para-hydroxylation sites is 1. The Kier molecular flexibility index (Phi) is 6.25. The van der Waals surface area contributed by atoms with Gasteiger partial charge < -0.3 is 19.5 Å². The van der Waals surface area contributed by atoms with Crippen LogP contribution in [-0.2, 0) is 17.9 Å². The first-order valence-corrected chi connectivity index (χ1v) is 8.72. The van der Waals surface area contributed by atoms with E-state index in [9.17, 15) is 4.39 Å². The minimum atomic E-state index is -0.245. The number of methoxy groups -OCH3 is 1. The van der Waals surface area contributed by atoms with Crippen molar-refractivity contribution < 1.29 is 23.9 Å². The Morgan fingerprint density at radius 2 is 2.04 bits per heavy atom. The fourth-order valence-corrected chi connectivity index (χ4v) is 3.04. The van der Waals surface area contributed by atoms with Gasteiger partial charge in [-0.1, -0.05) is 18.2 Å². The average Bonchev–Trinajstić information content (AvgIpc) is 3.15.